The number of hydrogen-bond acceptors (Lipinski definition) is 3. The number of nitrogens with one attached hydrogen (secondary N) is 2. The van der Waals surface area contributed by atoms with Crippen LogP contribution in [0.5, 0.6) is 0 Å². The van der Waals surface area contributed by atoms with Gasteiger partial charge in [-0.3, -0.25) is 5.10 Å². The van der Waals surface area contributed by atoms with Crippen molar-refractivity contribution in [2.45, 2.75) is 20.8 Å². The minimum absolute atomic E-state index is 0.0282. The number of para-hydroxylation sites is 1. The third kappa shape index (κ3) is 3.16. The Labute approximate surface area is 136 Å². The molecule has 0 unspecified atom stereocenters. The van der Waals surface area contributed by atoms with Gasteiger partial charge in [-0.15, -0.1) is 0 Å². The Morgan fingerprint density at radius 1 is 1.13 bits per heavy atom. The molecule has 1 saturated heterocycles. The number of piperazine rings is 1. The van der Waals surface area contributed by atoms with Crippen LogP contribution in [0.1, 0.15) is 17.0 Å². The summed E-state index contributed by atoms with van der Waals surface area (Å²) < 4.78 is 0. The molecule has 1 aromatic heterocycles. The van der Waals surface area contributed by atoms with Crippen molar-refractivity contribution in [1.29, 1.82) is 0 Å². The van der Waals surface area contributed by atoms with Gasteiger partial charge in [0.15, 0.2) is 0 Å². The number of hydrogen-bond donors (Lipinski definition) is 2. The van der Waals surface area contributed by atoms with Gasteiger partial charge in [-0.2, -0.15) is 5.10 Å². The second kappa shape index (κ2) is 6.32. The summed E-state index contributed by atoms with van der Waals surface area (Å²) in [6.45, 7) is 9.11. The quantitative estimate of drug-likeness (QED) is 0.896. The maximum atomic E-state index is 12.4. The fraction of sp³-hybridized carbons (Fsp3) is 0.412. The maximum Gasteiger partial charge on any atom is 0.321 e. The fourth-order valence-electron chi connectivity index (χ4n) is 3.05. The van der Waals surface area contributed by atoms with Crippen molar-refractivity contribution in [1.82, 2.24) is 15.1 Å². The van der Waals surface area contributed by atoms with E-state index in [0.717, 1.165) is 35.7 Å². The Hall–Kier alpha value is -2.50. The number of carbonyl (C=O) groups excluding carboxylic acids is 1. The highest BCUT2D eigenvalue weighted by Gasteiger charge is 2.24. The van der Waals surface area contributed by atoms with Crippen molar-refractivity contribution in [3.05, 3.63) is 41.2 Å². The van der Waals surface area contributed by atoms with Crippen LogP contribution in [0.25, 0.3) is 0 Å². The molecule has 2 heterocycles. The highest BCUT2D eigenvalue weighted by atomic mass is 16.2. The number of carbonyl (C=O) groups is 1. The van der Waals surface area contributed by atoms with Gasteiger partial charge in [0, 0.05) is 31.9 Å². The van der Waals surface area contributed by atoms with Crippen LogP contribution >= 0.6 is 0 Å². The lowest BCUT2D eigenvalue weighted by molar-refractivity contribution is 0.208. The molecule has 1 fully saturated rings. The summed E-state index contributed by atoms with van der Waals surface area (Å²) in [7, 11) is 0. The van der Waals surface area contributed by atoms with Crippen molar-refractivity contribution in [2.75, 3.05) is 36.4 Å². The smallest absolute Gasteiger partial charge is 0.321 e. The topological polar surface area (TPSA) is 64.3 Å². The van der Waals surface area contributed by atoms with Crippen LogP contribution in [-0.2, 0) is 0 Å². The van der Waals surface area contributed by atoms with E-state index >= 15 is 0 Å². The molecule has 0 bridgehead atoms. The Bertz CT molecular complexity index is 681. The molecule has 0 aliphatic carbocycles. The number of urea groups is 1. The van der Waals surface area contributed by atoms with Crippen LogP contribution in [0.2, 0.25) is 0 Å². The molecule has 1 aliphatic rings. The summed E-state index contributed by atoms with van der Waals surface area (Å²) >= 11 is 0. The molecule has 0 spiro atoms. The number of aromatic amines is 1. The molecule has 2 N–H and O–H groups in total. The summed E-state index contributed by atoms with van der Waals surface area (Å²) in [6.07, 6.45) is 0. The lowest BCUT2D eigenvalue weighted by atomic mass is 10.2. The van der Waals surface area contributed by atoms with Crippen LogP contribution in [0, 0.1) is 20.8 Å². The van der Waals surface area contributed by atoms with Crippen molar-refractivity contribution >= 4 is 17.4 Å². The standard InChI is InChI=1S/C17H23N5O/c1-12-6-4-5-7-15(12)18-17(23)22-10-8-21(9-11-22)16-13(2)19-20-14(16)3/h4-7H,8-11H2,1-3H3,(H,18,23)(H,19,20). The summed E-state index contributed by atoms with van der Waals surface area (Å²) in [6, 6.07) is 7.81. The molecule has 6 heteroatoms. The SMILES string of the molecule is Cc1ccccc1NC(=O)N1CCN(c2c(C)n[nH]c2C)CC1. The van der Waals surface area contributed by atoms with Crippen LogP contribution in [0.3, 0.4) is 0 Å². The molecule has 0 radical (unpaired) electrons. The Kier molecular flexibility index (Phi) is 4.23. The molecule has 6 nitrogen and oxygen atoms in total. The predicted molar refractivity (Wildman–Crippen MR) is 92.0 cm³/mol. The fourth-order valence-corrected chi connectivity index (χ4v) is 3.05. The molecule has 3 rings (SSSR count). The average molecular weight is 313 g/mol. The number of aromatic nitrogens is 2. The van der Waals surface area contributed by atoms with Crippen LogP contribution < -0.4 is 10.2 Å². The van der Waals surface area contributed by atoms with E-state index in [1.807, 2.05) is 49.9 Å². The molecule has 1 aliphatic heterocycles. The largest absolute Gasteiger partial charge is 0.365 e. The Balaban J connectivity index is 1.61. The van der Waals surface area contributed by atoms with E-state index in [-0.39, 0.29) is 6.03 Å². The zero-order chi connectivity index (χ0) is 16.4. The lowest BCUT2D eigenvalue weighted by Crippen LogP contribution is -2.50. The summed E-state index contributed by atoms with van der Waals surface area (Å²) in [5.41, 5.74) is 5.22. The number of benzene rings is 1. The van der Waals surface area contributed by atoms with Gasteiger partial charge in [0.2, 0.25) is 0 Å². The normalized spacial score (nSPS) is 14.9. The van der Waals surface area contributed by atoms with Gasteiger partial charge < -0.3 is 15.1 Å². The lowest BCUT2D eigenvalue weighted by Gasteiger charge is -2.36. The van der Waals surface area contributed by atoms with E-state index in [1.54, 1.807) is 0 Å². The van der Waals surface area contributed by atoms with Crippen molar-refractivity contribution in [3.63, 3.8) is 0 Å². The van der Waals surface area contributed by atoms with Crippen molar-refractivity contribution in [2.24, 2.45) is 0 Å². The minimum atomic E-state index is -0.0282. The number of H-pyrrole nitrogens is 1. The summed E-state index contributed by atoms with van der Waals surface area (Å²) in [4.78, 5) is 16.6. The van der Waals surface area contributed by atoms with Gasteiger partial charge in [-0.25, -0.2) is 4.79 Å². The second-order valence-electron chi connectivity index (χ2n) is 6.00. The third-order valence-electron chi connectivity index (χ3n) is 4.36. The van der Waals surface area contributed by atoms with Crippen LogP contribution in [0.15, 0.2) is 24.3 Å². The van der Waals surface area contributed by atoms with Gasteiger partial charge >= 0.3 is 6.03 Å². The Morgan fingerprint density at radius 2 is 1.83 bits per heavy atom. The molecule has 122 valence electrons. The van der Waals surface area contributed by atoms with Crippen molar-refractivity contribution < 1.29 is 4.79 Å². The molecule has 0 saturated carbocycles. The monoisotopic (exact) mass is 313 g/mol. The minimum Gasteiger partial charge on any atom is -0.365 e. The molecule has 2 amide bonds. The Morgan fingerprint density at radius 3 is 2.43 bits per heavy atom. The number of rotatable bonds is 2. The molecule has 2 aromatic rings. The van der Waals surface area contributed by atoms with Gasteiger partial charge in [0.25, 0.3) is 0 Å². The number of nitrogens with zero attached hydrogens (tertiary/aromatic N) is 3. The van der Waals surface area contributed by atoms with E-state index in [0.29, 0.717) is 13.1 Å². The van der Waals surface area contributed by atoms with E-state index in [2.05, 4.69) is 20.4 Å². The average Bonchev–Trinajstić information content (AvgIpc) is 2.88. The van der Waals surface area contributed by atoms with Gasteiger partial charge in [-0.05, 0) is 32.4 Å². The predicted octanol–water partition coefficient (Wildman–Crippen LogP) is 2.69. The molecule has 1 aromatic carbocycles. The maximum absolute atomic E-state index is 12.4. The van der Waals surface area contributed by atoms with Gasteiger partial charge in [0.05, 0.1) is 17.1 Å². The molecular weight excluding hydrogens is 290 g/mol. The van der Waals surface area contributed by atoms with Crippen LogP contribution in [-0.4, -0.2) is 47.3 Å². The summed E-state index contributed by atoms with van der Waals surface area (Å²) in [5, 5.41) is 10.3. The van der Waals surface area contributed by atoms with E-state index in [9.17, 15) is 4.79 Å². The highest BCUT2D eigenvalue weighted by molar-refractivity contribution is 5.90. The van der Waals surface area contributed by atoms with E-state index in [1.165, 1.54) is 5.69 Å². The zero-order valence-corrected chi connectivity index (χ0v) is 13.9. The first-order valence-corrected chi connectivity index (χ1v) is 7.94. The summed E-state index contributed by atoms with van der Waals surface area (Å²) in [5.74, 6) is 0. The number of aryl methyl sites for hydroxylation is 3. The molecule has 23 heavy (non-hydrogen) atoms. The van der Waals surface area contributed by atoms with E-state index in [4.69, 9.17) is 0 Å². The number of amides is 2. The van der Waals surface area contributed by atoms with Gasteiger partial charge in [-0.1, -0.05) is 18.2 Å². The molecule has 0 atom stereocenters. The van der Waals surface area contributed by atoms with Gasteiger partial charge in [0.1, 0.15) is 0 Å². The number of anilines is 2. The van der Waals surface area contributed by atoms with E-state index < -0.39 is 0 Å². The second-order valence-corrected chi connectivity index (χ2v) is 6.00. The highest BCUT2D eigenvalue weighted by Crippen LogP contribution is 2.23. The van der Waals surface area contributed by atoms with Crippen LogP contribution in [0.4, 0.5) is 16.2 Å². The first-order chi connectivity index (χ1) is 11.1. The zero-order valence-electron chi connectivity index (χ0n) is 13.9. The third-order valence-corrected chi connectivity index (χ3v) is 4.36. The first-order valence-electron chi connectivity index (χ1n) is 7.94. The van der Waals surface area contributed by atoms with Crippen molar-refractivity contribution in [3.8, 4) is 0 Å². The first kappa shape index (κ1) is 15.4. The molecular formula is C17H23N5O.